The van der Waals surface area contributed by atoms with Crippen LogP contribution < -0.4 is 0 Å². The molecule has 1 heterocycles. The Bertz CT molecular complexity index is 325. The predicted octanol–water partition coefficient (Wildman–Crippen LogP) is 2.82. The molecule has 5 nitrogen and oxygen atoms in total. The number of nitrogens with zero attached hydrogens (tertiary/aromatic N) is 2. The van der Waals surface area contributed by atoms with Crippen LogP contribution in [0.5, 0.6) is 0 Å². The van der Waals surface area contributed by atoms with Gasteiger partial charge in [-0.15, -0.1) is 0 Å². The second kappa shape index (κ2) is 7.77. The Morgan fingerprint density at radius 3 is 2.29 bits per heavy atom. The van der Waals surface area contributed by atoms with Gasteiger partial charge in [0.15, 0.2) is 0 Å². The average Bonchev–Trinajstić information content (AvgIpc) is 2.58. The van der Waals surface area contributed by atoms with Crippen LogP contribution in [0.4, 0.5) is 0 Å². The Labute approximate surface area is 104 Å². The molecule has 1 aromatic heterocycles. The van der Waals surface area contributed by atoms with Gasteiger partial charge in [0.25, 0.3) is 0 Å². The summed E-state index contributed by atoms with van der Waals surface area (Å²) in [5.74, 6) is 0. The molecule has 0 unspecified atom stereocenters. The summed E-state index contributed by atoms with van der Waals surface area (Å²) in [5, 5.41) is 4.36. The van der Waals surface area contributed by atoms with E-state index in [0.717, 1.165) is 17.9 Å². The summed E-state index contributed by atoms with van der Waals surface area (Å²) in [7, 11) is -1.20. The maximum Gasteiger partial charge on any atom is 0.332 e. The van der Waals surface area contributed by atoms with Crippen LogP contribution in [-0.2, 0) is 20.1 Å². The van der Waals surface area contributed by atoms with Crippen molar-refractivity contribution in [2.75, 3.05) is 19.8 Å². The zero-order valence-corrected chi connectivity index (χ0v) is 11.9. The largest absolute Gasteiger partial charge is 0.332 e. The third kappa shape index (κ3) is 5.13. The molecule has 0 amide bonds. The SMILES string of the molecule is CCOP(OCC)OCCn1nc(C)cc1C. The first-order chi connectivity index (χ1) is 8.17. The fourth-order valence-corrected chi connectivity index (χ4v) is 2.30. The highest BCUT2D eigenvalue weighted by atomic mass is 31.2. The van der Waals surface area contributed by atoms with E-state index in [0.29, 0.717) is 19.8 Å². The summed E-state index contributed by atoms with van der Waals surface area (Å²) >= 11 is 0. The molecule has 0 spiro atoms. The molecule has 6 heteroatoms. The molecule has 0 N–H and O–H groups in total. The number of hydrogen-bond acceptors (Lipinski definition) is 4. The normalized spacial score (nSPS) is 11.4. The van der Waals surface area contributed by atoms with Crippen LogP contribution in [0, 0.1) is 13.8 Å². The fourth-order valence-electron chi connectivity index (χ4n) is 1.43. The summed E-state index contributed by atoms with van der Waals surface area (Å²) in [5.41, 5.74) is 2.17. The molecule has 17 heavy (non-hydrogen) atoms. The lowest BCUT2D eigenvalue weighted by molar-refractivity contribution is 0.164. The van der Waals surface area contributed by atoms with Crippen LogP contribution in [0.3, 0.4) is 0 Å². The van der Waals surface area contributed by atoms with Crippen molar-refractivity contribution in [3.63, 3.8) is 0 Å². The highest BCUT2D eigenvalue weighted by molar-refractivity contribution is 7.41. The Balaban J connectivity index is 2.32. The molecule has 98 valence electrons. The third-order valence-electron chi connectivity index (χ3n) is 2.07. The quantitative estimate of drug-likeness (QED) is 0.674. The van der Waals surface area contributed by atoms with Crippen molar-refractivity contribution in [1.29, 1.82) is 0 Å². The van der Waals surface area contributed by atoms with E-state index in [9.17, 15) is 0 Å². The number of aryl methyl sites for hydroxylation is 2. The zero-order valence-electron chi connectivity index (χ0n) is 11.0. The molecule has 0 saturated carbocycles. The first-order valence-corrected chi connectivity index (χ1v) is 6.96. The van der Waals surface area contributed by atoms with Gasteiger partial charge < -0.3 is 13.6 Å². The van der Waals surface area contributed by atoms with Gasteiger partial charge in [-0.3, -0.25) is 4.68 Å². The highest BCUT2D eigenvalue weighted by Crippen LogP contribution is 2.38. The first-order valence-electron chi connectivity index (χ1n) is 5.87. The maximum absolute atomic E-state index is 5.55. The van der Waals surface area contributed by atoms with Crippen molar-refractivity contribution in [3.8, 4) is 0 Å². The number of hydrogen-bond donors (Lipinski definition) is 0. The molecular formula is C11H21N2O3P. The lowest BCUT2D eigenvalue weighted by atomic mass is 10.4. The zero-order chi connectivity index (χ0) is 12.7. The Kier molecular flexibility index (Phi) is 6.66. The fraction of sp³-hybridized carbons (Fsp3) is 0.727. The van der Waals surface area contributed by atoms with Gasteiger partial charge >= 0.3 is 8.60 Å². The van der Waals surface area contributed by atoms with Crippen LogP contribution in [0.25, 0.3) is 0 Å². The smallest absolute Gasteiger partial charge is 0.313 e. The Morgan fingerprint density at radius 1 is 1.18 bits per heavy atom. The Hall–Kier alpha value is -0.480. The second-order valence-electron chi connectivity index (χ2n) is 3.54. The minimum Gasteiger partial charge on any atom is -0.313 e. The van der Waals surface area contributed by atoms with Crippen molar-refractivity contribution >= 4 is 8.60 Å². The van der Waals surface area contributed by atoms with Crippen LogP contribution in [0.15, 0.2) is 6.07 Å². The minimum atomic E-state index is -1.20. The van der Waals surface area contributed by atoms with Gasteiger partial charge in [-0.1, -0.05) is 0 Å². The van der Waals surface area contributed by atoms with E-state index in [-0.39, 0.29) is 0 Å². The van der Waals surface area contributed by atoms with E-state index >= 15 is 0 Å². The minimum absolute atomic E-state index is 0.549. The summed E-state index contributed by atoms with van der Waals surface area (Å²) in [4.78, 5) is 0. The van der Waals surface area contributed by atoms with Gasteiger partial charge in [0.2, 0.25) is 0 Å². The predicted molar refractivity (Wildman–Crippen MR) is 67.8 cm³/mol. The van der Waals surface area contributed by atoms with Crippen LogP contribution >= 0.6 is 8.60 Å². The van der Waals surface area contributed by atoms with Crippen molar-refractivity contribution in [2.24, 2.45) is 0 Å². The molecule has 1 aromatic rings. The monoisotopic (exact) mass is 260 g/mol. The van der Waals surface area contributed by atoms with E-state index in [1.54, 1.807) is 0 Å². The molecule has 0 bridgehead atoms. The Morgan fingerprint density at radius 2 is 1.82 bits per heavy atom. The van der Waals surface area contributed by atoms with Crippen LogP contribution in [-0.4, -0.2) is 29.6 Å². The molecule has 0 atom stereocenters. The van der Waals surface area contributed by atoms with E-state index in [4.69, 9.17) is 13.6 Å². The van der Waals surface area contributed by atoms with Gasteiger partial charge in [0.05, 0.1) is 32.1 Å². The molecule has 0 fully saturated rings. The van der Waals surface area contributed by atoms with Gasteiger partial charge in [-0.2, -0.15) is 5.10 Å². The first kappa shape index (κ1) is 14.6. The molecule has 0 aliphatic rings. The van der Waals surface area contributed by atoms with Crippen molar-refractivity contribution in [1.82, 2.24) is 9.78 Å². The molecular weight excluding hydrogens is 239 g/mol. The van der Waals surface area contributed by atoms with Crippen molar-refractivity contribution in [3.05, 3.63) is 17.5 Å². The molecule has 0 aliphatic carbocycles. The lowest BCUT2D eigenvalue weighted by Gasteiger charge is -2.15. The number of rotatable bonds is 8. The summed E-state index contributed by atoms with van der Waals surface area (Å²) in [6.45, 7) is 10.4. The van der Waals surface area contributed by atoms with E-state index < -0.39 is 8.60 Å². The molecule has 1 rings (SSSR count). The average molecular weight is 260 g/mol. The van der Waals surface area contributed by atoms with Crippen molar-refractivity contribution in [2.45, 2.75) is 34.2 Å². The third-order valence-corrected chi connectivity index (χ3v) is 3.40. The summed E-state index contributed by atoms with van der Waals surface area (Å²) in [6.07, 6.45) is 0. The standard InChI is InChI=1S/C11H21N2O3P/c1-5-14-17(15-6-2)16-8-7-13-11(4)9-10(3)12-13/h9H,5-8H2,1-4H3. The summed E-state index contributed by atoms with van der Waals surface area (Å²) in [6, 6.07) is 2.05. The second-order valence-corrected chi connectivity index (χ2v) is 4.76. The molecule has 0 aromatic carbocycles. The number of aromatic nitrogens is 2. The van der Waals surface area contributed by atoms with Gasteiger partial charge in [-0.25, -0.2) is 0 Å². The maximum atomic E-state index is 5.55. The highest BCUT2D eigenvalue weighted by Gasteiger charge is 2.10. The molecule has 0 radical (unpaired) electrons. The molecule has 0 saturated heterocycles. The van der Waals surface area contributed by atoms with E-state index in [1.807, 2.05) is 38.4 Å². The van der Waals surface area contributed by atoms with Gasteiger partial charge in [0, 0.05) is 5.69 Å². The summed E-state index contributed by atoms with van der Waals surface area (Å²) < 4.78 is 18.2. The topological polar surface area (TPSA) is 45.5 Å². The van der Waals surface area contributed by atoms with Crippen LogP contribution in [0.1, 0.15) is 25.2 Å². The molecule has 0 aliphatic heterocycles. The van der Waals surface area contributed by atoms with Crippen LogP contribution in [0.2, 0.25) is 0 Å². The van der Waals surface area contributed by atoms with Gasteiger partial charge in [0.1, 0.15) is 0 Å². The van der Waals surface area contributed by atoms with Crippen molar-refractivity contribution < 1.29 is 13.6 Å². The van der Waals surface area contributed by atoms with E-state index in [1.165, 1.54) is 0 Å². The lowest BCUT2D eigenvalue weighted by Crippen LogP contribution is -2.08. The van der Waals surface area contributed by atoms with Gasteiger partial charge in [-0.05, 0) is 33.8 Å². The van der Waals surface area contributed by atoms with E-state index in [2.05, 4.69) is 5.10 Å².